The van der Waals surface area contributed by atoms with E-state index in [0.717, 1.165) is 16.7 Å². The van der Waals surface area contributed by atoms with Crippen molar-refractivity contribution in [3.8, 4) is 0 Å². The number of benzene rings is 1. The zero-order chi connectivity index (χ0) is 19.8. The van der Waals surface area contributed by atoms with Crippen molar-refractivity contribution in [2.75, 3.05) is 25.9 Å². The second kappa shape index (κ2) is 7.44. The van der Waals surface area contributed by atoms with Gasteiger partial charge in [0.1, 0.15) is 17.5 Å². The number of amides is 1. The van der Waals surface area contributed by atoms with Crippen LogP contribution in [0.25, 0.3) is 10.1 Å². The third-order valence-corrected chi connectivity index (χ3v) is 6.53. The molecule has 8 heteroatoms. The molecule has 0 radical (unpaired) electrons. The van der Waals surface area contributed by atoms with Crippen LogP contribution in [0.5, 0.6) is 0 Å². The number of rotatable bonds is 4. The van der Waals surface area contributed by atoms with Gasteiger partial charge >= 0.3 is 0 Å². The minimum absolute atomic E-state index is 0.0193. The third kappa shape index (κ3) is 3.45. The van der Waals surface area contributed by atoms with E-state index in [2.05, 4.69) is 14.9 Å². The Morgan fingerprint density at radius 3 is 3.00 bits per heavy atom. The van der Waals surface area contributed by atoms with Gasteiger partial charge in [0.25, 0.3) is 5.91 Å². The van der Waals surface area contributed by atoms with Crippen LogP contribution in [0, 0.1) is 12.7 Å². The Bertz CT molecular complexity index is 1040. The molecule has 28 heavy (non-hydrogen) atoms. The van der Waals surface area contributed by atoms with E-state index >= 15 is 0 Å². The molecule has 1 amide bonds. The average Bonchev–Trinajstić information content (AvgIpc) is 3.27. The number of aromatic nitrogens is 2. The number of nitrogens with two attached hydrogens (primary N) is 1. The maximum Gasteiger partial charge on any atom is 0.264 e. The van der Waals surface area contributed by atoms with E-state index in [4.69, 9.17) is 5.73 Å². The number of nitrogens with zero attached hydrogens (tertiary/aromatic N) is 4. The van der Waals surface area contributed by atoms with Crippen molar-refractivity contribution in [1.29, 1.82) is 0 Å². The third-order valence-electron chi connectivity index (χ3n) is 5.29. The van der Waals surface area contributed by atoms with Gasteiger partial charge in [-0.15, -0.1) is 11.3 Å². The number of likely N-dealkylation sites (N-methyl/N-ethyl adjacent to an activating group) is 1. The molecule has 1 saturated heterocycles. The number of anilines is 1. The number of likely N-dealkylation sites (tertiary alicyclic amines) is 1. The second-order valence-corrected chi connectivity index (χ2v) is 8.23. The number of hydrogen-bond acceptors (Lipinski definition) is 6. The highest BCUT2D eigenvalue weighted by molar-refractivity contribution is 7.21. The highest BCUT2D eigenvalue weighted by Crippen LogP contribution is 2.34. The van der Waals surface area contributed by atoms with E-state index in [1.54, 1.807) is 18.3 Å². The van der Waals surface area contributed by atoms with Gasteiger partial charge < -0.3 is 10.6 Å². The zero-order valence-corrected chi connectivity index (χ0v) is 16.7. The maximum absolute atomic E-state index is 14.2. The largest absolute Gasteiger partial charge is 0.384 e. The van der Waals surface area contributed by atoms with Gasteiger partial charge in [0, 0.05) is 35.4 Å². The number of fused-ring (bicyclic) bond motifs is 1. The Balaban J connectivity index is 1.47. The smallest absolute Gasteiger partial charge is 0.264 e. The van der Waals surface area contributed by atoms with Crippen LogP contribution in [0.1, 0.15) is 27.5 Å². The molecule has 3 heterocycles. The number of carbonyl (C=O) groups excluding carboxylic acids is 1. The number of nitrogen functional groups attached to an aromatic ring is 1. The Morgan fingerprint density at radius 1 is 1.43 bits per heavy atom. The van der Waals surface area contributed by atoms with Crippen LogP contribution in [0.2, 0.25) is 0 Å². The molecule has 0 aliphatic carbocycles. The molecule has 2 aromatic heterocycles. The van der Waals surface area contributed by atoms with E-state index in [-0.39, 0.29) is 17.8 Å². The molecule has 1 fully saturated rings. The zero-order valence-electron chi connectivity index (χ0n) is 15.9. The quantitative estimate of drug-likeness (QED) is 0.730. The number of aryl methyl sites for hydroxylation is 1. The summed E-state index contributed by atoms with van der Waals surface area (Å²) in [6.45, 7) is 3.71. The van der Waals surface area contributed by atoms with Gasteiger partial charge in [-0.2, -0.15) is 0 Å². The lowest BCUT2D eigenvalue weighted by Gasteiger charge is -2.24. The summed E-state index contributed by atoms with van der Waals surface area (Å²) in [5.41, 5.74) is 6.45. The fraction of sp³-hybridized carbons (Fsp3) is 0.350. The van der Waals surface area contributed by atoms with Crippen LogP contribution in [-0.2, 0) is 6.54 Å². The predicted octanol–water partition coefficient (Wildman–Crippen LogP) is 3.07. The van der Waals surface area contributed by atoms with Gasteiger partial charge in [0.05, 0.1) is 11.4 Å². The Kier molecular flexibility index (Phi) is 4.99. The van der Waals surface area contributed by atoms with E-state index in [1.165, 1.54) is 17.4 Å². The van der Waals surface area contributed by atoms with E-state index < -0.39 is 0 Å². The van der Waals surface area contributed by atoms with Crippen molar-refractivity contribution < 1.29 is 9.18 Å². The molecular weight excluding hydrogens is 377 g/mol. The predicted molar refractivity (Wildman–Crippen MR) is 109 cm³/mol. The van der Waals surface area contributed by atoms with Crippen LogP contribution >= 0.6 is 11.3 Å². The van der Waals surface area contributed by atoms with Crippen LogP contribution in [0.4, 0.5) is 10.2 Å². The fourth-order valence-corrected chi connectivity index (χ4v) is 4.92. The summed E-state index contributed by atoms with van der Waals surface area (Å²) in [6, 6.07) is 6.87. The van der Waals surface area contributed by atoms with Crippen molar-refractivity contribution in [1.82, 2.24) is 19.8 Å². The molecule has 1 atom stereocenters. The summed E-state index contributed by atoms with van der Waals surface area (Å²) in [5, 5.41) is 0.558. The van der Waals surface area contributed by atoms with E-state index in [0.29, 0.717) is 41.5 Å². The summed E-state index contributed by atoms with van der Waals surface area (Å²) in [6.07, 6.45) is 2.53. The molecule has 146 valence electrons. The fourth-order valence-electron chi connectivity index (χ4n) is 3.73. The summed E-state index contributed by atoms with van der Waals surface area (Å²) in [4.78, 5) is 26.2. The molecule has 4 rings (SSSR count). The van der Waals surface area contributed by atoms with Crippen LogP contribution < -0.4 is 5.73 Å². The van der Waals surface area contributed by atoms with Crippen molar-refractivity contribution in [3.05, 3.63) is 52.5 Å². The normalized spacial score (nSPS) is 17.0. The molecule has 1 aliphatic heterocycles. The molecule has 1 aliphatic rings. The lowest BCUT2D eigenvalue weighted by atomic mass is 10.1. The minimum Gasteiger partial charge on any atom is -0.384 e. The molecule has 3 aromatic rings. The van der Waals surface area contributed by atoms with Gasteiger partial charge in [-0.1, -0.05) is 6.07 Å². The van der Waals surface area contributed by atoms with Gasteiger partial charge in [-0.05, 0) is 44.2 Å². The highest BCUT2D eigenvalue weighted by Gasteiger charge is 2.31. The Hall–Kier alpha value is -2.58. The SMILES string of the molecule is Cc1c(C(=O)N2CCC(N(C)Cc3nccc(N)n3)C2)sc2cccc(F)c12. The molecular formula is C20H22FN5OS. The Labute approximate surface area is 166 Å². The first-order valence-electron chi connectivity index (χ1n) is 9.18. The lowest BCUT2D eigenvalue weighted by Crippen LogP contribution is -2.36. The number of thiophene rings is 1. The summed E-state index contributed by atoms with van der Waals surface area (Å²) >= 11 is 1.37. The van der Waals surface area contributed by atoms with E-state index in [9.17, 15) is 9.18 Å². The maximum atomic E-state index is 14.2. The standard InChI is InChI=1S/C20H22FN5OS/c1-12-18-14(21)4-3-5-15(18)28-19(12)20(27)26-9-7-13(10-26)25(2)11-17-23-8-6-16(22)24-17/h3-6,8,13H,7,9-11H2,1-2H3,(H2,22,23,24). The monoisotopic (exact) mass is 399 g/mol. The molecule has 1 unspecified atom stereocenters. The van der Waals surface area contributed by atoms with Crippen LogP contribution in [-0.4, -0.2) is 51.9 Å². The summed E-state index contributed by atoms with van der Waals surface area (Å²) < 4.78 is 15.0. The van der Waals surface area contributed by atoms with Crippen LogP contribution in [0.3, 0.4) is 0 Å². The molecule has 6 nitrogen and oxygen atoms in total. The Morgan fingerprint density at radius 2 is 2.25 bits per heavy atom. The number of carbonyl (C=O) groups is 1. The highest BCUT2D eigenvalue weighted by atomic mass is 32.1. The first-order chi connectivity index (χ1) is 13.4. The minimum atomic E-state index is -0.272. The van der Waals surface area contributed by atoms with Gasteiger partial charge in [-0.25, -0.2) is 14.4 Å². The molecule has 0 spiro atoms. The first kappa shape index (κ1) is 18.8. The van der Waals surface area contributed by atoms with E-state index in [1.807, 2.05) is 24.9 Å². The van der Waals surface area contributed by atoms with Gasteiger partial charge in [-0.3, -0.25) is 9.69 Å². The van der Waals surface area contributed by atoms with Crippen molar-refractivity contribution >= 4 is 33.1 Å². The first-order valence-corrected chi connectivity index (χ1v) is 10.00. The summed E-state index contributed by atoms with van der Waals surface area (Å²) in [5.74, 6) is 0.831. The molecule has 1 aromatic carbocycles. The van der Waals surface area contributed by atoms with Crippen molar-refractivity contribution in [2.24, 2.45) is 0 Å². The summed E-state index contributed by atoms with van der Waals surface area (Å²) in [7, 11) is 2.01. The van der Waals surface area contributed by atoms with Gasteiger partial charge in [0.15, 0.2) is 0 Å². The number of hydrogen-bond donors (Lipinski definition) is 1. The number of halogens is 1. The second-order valence-electron chi connectivity index (χ2n) is 7.18. The lowest BCUT2D eigenvalue weighted by molar-refractivity contribution is 0.0783. The van der Waals surface area contributed by atoms with Crippen LogP contribution in [0.15, 0.2) is 30.5 Å². The van der Waals surface area contributed by atoms with Gasteiger partial charge in [0.2, 0.25) is 0 Å². The molecule has 2 N–H and O–H groups in total. The molecule has 0 bridgehead atoms. The topological polar surface area (TPSA) is 75.4 Å². The van der Waals surface area contributed by atoms with Crippen molar-refractivity contribution in [3.63, 3.8) is 0 Å². The molecule has 0 saturated carbocycles. The van der Waals surface area contributed by atoms with Crippen molar-refractivity contribution in [2.45, 2.75) is 25.9 Å². The average molecular weight is 399 g/mol.